The van der Waals surface area contributed by atoms with Gasteiger partial charge in [-0.3, -0.25) is 0 Å². The summed E-state index contributed by atoms with van der Waals surface area (Å²) in [5, 5.41) is 13.1. The van der Waals surface area contributed by atoms with Gasteiger partial charge in [-0.05, 0) is 45.8 Å². The third kappa shape index (κ3) is 11.4. The highest BCUT2D eigenvalue weighted by molar-refractivity contribution is 4.88. The topological polar surface area (TPSA) is 35.5 Å². The van der Waals surface area contributed by atoms with Crippen molar-refractivity contribution in [1.82, 2.24) is 10.2 Å². The van der Waals surface area contributed by atoms with Crippen LogP contribution in [0.3, 0.4) is 0 Å². The molecule has 1 saturated heterocycles. The van der Waals surface area contributed by atoms with E-state index in [-0.39, 0.29) is 0 Å². The van der Waals surface area contributed by atoms with Gasteiger partial charge in [0.25, 0.3) is 0 Å². The van der Waals surface area contributed by atoms with E-state index in [0.717, 1.165) is 25.9 Å². The van der Waals surface area contributed by atoms with E-state index in [4.69, 9.17) is 0 Å². The van der Waals surface area contributed by atoms with Crippen molar-refractivity contribution in [2.45, 2.75) is 85.2 Å². The number of hydrogen-bond acceptors (Lipinski definition) is 3. The second-order valence-corrected chi connectivity index (χ2v) is 6.51. The lowest BCUT2D eigenvalue weighted by Crippen LogP contribution is -2.47. The maximum atomic E-state index is 10.4. The first kappa shape index (κ1) is 24.1. The molecule has 1 heterocycles. The van der Waals surface area contributed by atoms with E-state index in [9.17, 15) is 5.11 Å². The zero-order valence-corrected chi connectivity index (χ0v) is 16.5. The number of rotatable bonds is 7. The Morgan fingerprint density at radius 3 is 1.86 bits per heavy atom. The number of nitrogens with one attached hydrogen (secondary N) is 1. The number of nitrogens with zero attached hydrogens (tertiary/aromatic N) is 1. The summed E-state index contributed by atoms with van der Waals surface area (Å²) in [5.74, 6) is 0.397. The summed E-state index contributed by atoms with van der Waals surface area (Å²) in [6.07, 6.45) is 8.72. The van der Waals surface area contributed by atoms with Crippen molar-refractivity contribution < 1.29 is 5.11 Å². The summed E-state index contributed by atoms with van der Waals surface area (Å²) < 4.78 is 0. The van der Waals surface area contributed by atoms with Crippen LogP contribution in [0.2, 0.25) is 0 Å². The zero-order chi connectivity index (χ0) is 17.4. The molecule has 3 nitrogen and oxygen atoms in total. The van der Waals surface area contributed by atoms with Gasteiger partial charge in [0, 0.05) is 13.1 Å². The molecule has 0 unspecified atom stereocenters. The smallest absolute Gasteiger partial charge is 0.0694 e. The zero-order valence-electron chi connectivity index (χ0n) is 16.5. The quantitative estimate of drug-likeness (QED) is 0.687. The second kappa shape index (κ2) is 15.8. The number of hydrogen-bond donors (Lipinski definition) is 2. The minimum Gasteiger partial charge on any atom is -0.390 e. The van der Waals surface area contributed by atoms with Crippen molar-refractivity contribution in [3.63, 3.8) is 0 Å². The number of likely N-dealkylation sites (tertiary alicyclic amines) is 1. The van der Waals surface area contributed by atoms with Gasteiger partial charge in [-0.2, -0.15) is 0 Å². The Bertz CT molecular complexity index is 211. The molecule has 0 bridgehead atoms. The predicted octanol–water partition coefficient (Wildman–Crippen LogP) is 4.30. The van der Waals surface area contributed by atoms with Crippen LogP contribution >= 0.6 is 0 Å². The Kier molecular flexibility index (Phi) is 17.3. The van der Waals surface area contributed by atoms with Crippen molar-refractivity contribution in [2.75, 3.05) is 33.7 Å². The molecule has 1 aliphatic rings. The van der Waals surface area contributed by atoms with Crippen LogP contribution in [0, 0.1) is 5.92 Å². The first-order valence-electron chi connectivity index (χ1n) is 9.53. The first-order valence-corrected chi connectivity index (χ1v) is 9.53. The SMILES string of the molecule is CC.CCCCCCCN1CCC(O)(C(C)C)CC1.CNC. The normalized spacial score (nSPS) is 17.3. The average molecular weight is 317 g/mol. The van der Waals surface area contributed by atoms with Gasteiger partial charge >= 0.3 is 0 Å². The van der Waals surface area contributed by atoms with Gasteiger partial charge in [0.15, 0.2) is 0 Å². The maximum absolute atomic E-state index is 10.4. The highest BCUT2D eigenvalue weighted by Gasteiger charge is 2.34. The molecule has 2 N–H and O–H groups in total. The van der Waals surface area contributed by atoms with Crippen molar-refractivity contribution in [2.24, 2.45) is 5.92 Å². The molecule has 22 heavy (non-hydrogen) atoms. The lowest BCUT2D eigenvalue weighted by atomic mass is 9.81. The molecule has 1 fully saturated rings. The summed E-state index contributed by atoms with van der Waals surface area (Å²) in [6.45, 7) is 13.9. The average Bonchev–Trinajstić information content (AvgIpc) is 2.52. The van der Waals surface area contributed by atoms with Gasteiger partial charge in [-0.1, -0.05) is 60.3 Å². The second-order valence-electron chi connectivity index (χ2n) is 6.51. The number of unbranched alkanes of at least 4 members (excludes halogenated alkanes) is 4. The molecule has 0 aromatic rings. The molecule has 0 amide bonds. The summed E-state index contributed by atoms with van der Waals surface area (Å²) in [5.41, 5.74) is -0.390. The van der Waals surface area contributed by atoms with E-state index in [1.165, 1.54) is 38.6 Å². The molecule has 3 heteroatoms. The number of aliphatic hydroxyl groups is 1. The lowest BCUT2D eigenvalue weighted by molar-refractivity contribution is -0.0565. The maximum Gasteiger partial charge on any atom is 0.0694 e. The van der Waals surface area contributed by atoms with Crippen LogP contribution in [0.1, 0.15) is 79.6 Å². The molecular formula is C19H44N2O. The van der Waals surface area contributed by atoms with E-state index in [1.807, 2.05) is 27.9 Å². The van der Waals surface area contributed by atoms with Gasteiger partial charge in [0.2, 0.25) is 0 Å². The van der Waals surface area contributed by atoms with Crippen LogP contribution in [-0.2, 0) is 0 Å². The molecule has 0 aromatic heterocycles. The van der Waals surface area contributed by atoms with E-state index < -0.39 is 5.60 Å². The van der Waals surface area contributed by atoms with E-state index in [1.54, 1.807) is 0 Å². The van der Waals surface area contributed by atoms with Crippen LogP contribution in [0.25, 0.3) is 0 Å². The van der Waals surface area contributed by atoms with E-state index in [2.05, 4.69) is 31.0 Å². The highest BCUT2D eigenvalue weighted by atomic mass is 16.3. The highest BCUT2D eigenvalue weighted by Crippen LogP contribution is 2.29. The fraction of sp³-hybridized carbons (Fsp3) is 1.00. The monoisotopic (exact) mass is 316 g/mol. The fourth-order valence-corrected chi connectivity index (χ4v) is 2.68. The summed E-state index contributed by atoms with van der Waals surface area (Å²) >= 11 is 0. The molecule has 136 valence electrons. The van der Waals surface area contributed by atoms with Crippen molar-refractivity contribution in [1.29, 1.82) is 0 Å². The molecule has 0 saturated carbocycles. The summed E-state index contributed by atoms with van der Waals surface area (Å²) in [6, 6.07) is 0. The Morgan fingerprint density at radius 2 is 1.45 bits per heavy atom. The largest absolute Gasteiger partial charge is 0.390 e. The van der Waals surface area contributed by atoms with Gasteiger partial charge in [0.05, 0.1) is 5.60 Å². The van der Waals surface area contributed by atoms with E-state index >= 15 is 0 Å². The molecule has 0 spiro atoms. The lowest BCUT2D eigenvalue weighted by Gasteiger charge is -2.40. The van der Waals surface area contributed by atoms with Crippen LogP contribution < -0.4 is 5.32 Å². The summed E-state index contributed by atoms with van der Waals surface area (Å²) in [7, 11) is 3.75. The minimum atomic E-state index is -0.390. The summed E-state index contributed by atoms with van der Waals surface area (Å²) in [4.78, 5) is 2.53. The first-order chi connectivity index (χ1) is 10.5. The standard InChI is InChI=1S/C15H31NO.C2H7N.C2H6/c1-4-5-6-7-8-11-16-12-9-15(17,10-13-16)14(2)3;1-3-2;1-2/h14,17H,4-13H2,1-3H3;3H,1-2H3;1-2H3. The van der Waals surface area contributed by atoms with Gasteiger partial charge in [-0.25, -0.2) is 0 Å². The Hall–Kier alpha value is -0.120. The van der Waals surface area contributed by atoms with Gasteiger partial charge in [-0.15, -0.1) is 0 Å². The molecule has 1 aliphatic heterocycles. The van der Waals surface area contributed by atoms with Crippen molar-refractivity contribution >= 4 is 0 Å². The Balaban J connectivity index is 0. The third-order valence-electron chi connectivity index (χ3n) is 4.37. The van der Waals surface area contributed by atoms with Gasteiger partial charge < -0.3 is 15.3 Å². The molecular weight excluding hydrogens is 272 g/mol. The van der Waals surface area contributed by atoms with Crippen LogP contribution in [-0.4, -0.2) is 49.3 Å². The van der Waals surface area contributed by atoms with Gasteiger partial charge in [0.1, 0.15) is 0 Å². The molecule has 0 aliphatic carbocycles. The third-order valence-corrected chi connectivity index (χ3v) is 4.37. The van der Waals surface area contributed by atoms with Crippen LogP contribution in [0.15, 0.2) is 0 Å². The predicted molar refractivity (Wildman–Crippen MR) is 101 cm³/mol. The molecule has 0 atom stereocenters. The number of piperidine rings is 1. The molecule has 0 aromatic carbocycles. The Morgan fingerprint density at radius 1 is 1.00 bits per heavy atom. The minimum absolute atomic E-state index is 0.390. The van der Waals surface area contributed by atoms with E-state index in [0.29, 0.717) is 5.92 Å². The van der Waals surface area contributed by atoms with Crippen LogP contribution in [0.5, 0.6) is 0 Å². The fourth-order valence-electron chi connectivity index (χ4n) is 2.68. The molecule has 0 radical (unpaired) electrons. The Labute approximate surface area is 140 Å². The van der Waals surface area contributed by atoms with Crippen molar-refractivity contribution in [3.8, 4) is 0 Å². The molecule has 1 rings (SSSR count). The van der Waals surface area contributed by atoms with Crippen LogP contribution in [0.4, 0.5) is 0 Å². The van der Waals surface area contributed by atoms with Crippen molar-refractivity contribution in [3.05, 3.63) is 0 Å².